The molecule has 0 bridgehead atoms. The standard InChI is InChI=1S/C18H23N5/c1-19-18(21-10-14-22-13-9-20-15-22)23-11-7-17(8-12-23)16-5-3-2-4-6-16/h2-7,9,13,15H,8,10-12,14H2,1H3,(H,19,21). The molecule has 1 aromatic carbocycles. The van der Waals surface area contributed by atoms with Crippen molar-refractivity contribution in [1.29, 1.82) is 0 Å². The largest absolute Gasteiger partial charge is 0.354 e. The molecular formula is C18H23N5. The maximum Gasteiger partial charge on any atom is 0.194 e. The van der Waals surface area contributed by atoms with E-state index in [1.54, 1.807) is 6.20 Å². The Morgan fingerprint density at radius 3 is 2.83 bits per heavy atom. The first kappa shape index (κ1) is 15.3. The van der Waals surface area contributed by atoms with Gasteiger partial charge in [0.05, 0.1) is 6.33 Å². The van der Waals surface area contributed by atoms with Gasteiger partial charge in [0.15, 0.2) is 5.96 Å². The van der Waals surface area contributed by atoms with Crippen molar-refractivity contribution >= 4 is 11.5 Å². The Morgan fingerprint density at radius 2 is 2.17 bits per heavy atom. The molecule has 5 heteroatoms. The van der Waals surface area contributed by atoms with Gasteiger partial charge >= 0.3 is 0 Å². The van der Waals surface area contributed by atoms with E-state index in [2.05, 4.69) is 61.2 Å². The summed E-state index contributed by atoms with van der Waals surface area (Å²) in [7, 11) is 1.84. The highest BCUT2D eigenvalue weighted by molar-refractivity contribution is 5.81. The maximum atomic E-state index is 4.41. The number of hydrogen-bond donors (Lipinski definition) is 1. The zero-order chi connectivity index (χ0) is 15.9. The molecule has 1 aliphatic rings. The van der Waals surface area contributed by atoms with Crippen molar-refractivity contribution in [1.82, 2.24) is 19.8 Å². The predicted octanol–water partition coefficient (Wildman–Crippen LogP) is 2.25. The van der Waals surface area contributed by atoms with E-state index < -0.39 is 0 Å². The van der Waals surface area contributed by atoms with Crippen molar-refractivity contribution in [2.75, 3.05) is 26.7 Å². The summed E-state index contributed by atoms with van der Waals surface area (Å²) in [5.41, 5.74) is 2.76. The van der Waals surface area contributed by atoms with Gasteiger partial charge in [-0.2, -0.15) is 0 Å². The molecule has 1 aromatic heterocycles. The summed E-state index contributed by atoms with van der Waals surface area (Å²) >= 11 is 0. The molecule has 0 spiro atoms. The molecule has 1 aliphatic heterocycles. The molecule has 1 N–H and O–H groups in total. The van der Waals surface area contributed by atoms with Crippen molar-refractivity contribution < 1.29 is 0 Å². The third-order valence-electron chi connectivity index (χ3n) is 4.08. The van der Waals surface area contributed by atoms with Crippen LogP contribution in [0.5, 0.6) is 0 Å². The van der Waals surface area contributed by atoms with Crippen LogP contribution in [0.25, 0.3) is 5.57 Å². The van der Waals surface area contributed by atoms with Crippen LogP contribution in [0.1, 0.15) is 12.0 Å². The second-order valence-corrected chi connectivity index (χ2v) is 5.57. The van der Waals surface area contributed by atoms with Gasteiger partial charge in [0.25, 0.3) is 0 Å². The molecule has 0 fully saturated rings. The SMILES string of the molecule is CN=C(NCCn1ccnc1)N1CC=C(c2ccccc2)CC1. The fourth-order valence-corrected chi connectivity index (χ4v) is 2.82. The predicted molar refractivity (Wildman–Crippen MR) is 94.2 cm³/mol. The summed E-state index contributed by atoms with van der Waals surface area (Å²) in [5.74, 6) is 0.966. The molecule has 2 aromatic rings. The van der Waals surface area contributed by atoms with Crippen LogP contribution in [0.3, 0.4) is 0 Å². The molecule has 0 saturated carbocycles. The van der Waals surface area contributed by atoms with Crippen molar-refractivity contribution in [3.05, 3.63) is 60.7 Å². The number of aliphatic imine (C=N–C) groups is 1. The van der Waals surface area contributed by atoms with Gasteiger partial charge in [-0.05, 0) is 17.6 Å². The highest BCUT2D eigenvalue weighted by atomic mass is 15.3. The van der Waals surface area contributed by atoms with E-state index in [1.165, 1.54) is 11.1 Å². The summed E-state index contributed by atoms with van der Waals surface area (Å²) in [4.78, 5) is 10.8. The molecule has 3 rings (SSSR count). The molecule has 0 saturated heterocycles. The van der Waals surface area contributed by atoms with Crippen LogP contribution < -0.4 is 5.32 Å². The molecule has 0 atom stereocenters. The van der Waals surface area contributed by atoms with Crippen LogP contribution in [0, 0.1) is 0 Å². The molecule has 0 amide bonds. The number of hydrogen-bond acceptors (Lipinski definition) is 2. The fraction of sp³-hybridized carbons (Fsp3) is 0.333. The highest BCUT2D eigenvalue weighted by Crippen LogP contribution is 2.21. The van der Waals surface area contributed by atoms with Crippen molar-refractivity contribution in [2.45, 2.75) is 13.0 Å². The summed E-state index contributed by atoms with van der Waals surface area (Å²) in [6.45, 7) is 3.62. The van der Waals surface area contributed by atoms with Gasteiger partial charge in [-0.25, -0.2) is 4.98 Å². The smallest absolute Gasteiger partial charge is 0.194 e. The first-order chi connectivity index (χ1) is 11.4. The zero-order valence-electron chi connectivity index (χ0n) is 13.5. The number of aromatic nitrogens is 2. The van der Waals surface area contributed by atoms with Gasteiger partial charge in [0.1, 0.15) is 0 Å². The molecule has 23 heavy (non-hydrogen) atoms. The minimum atomic E-state index is 0.842. The van der Waals surface area contributed by atoms with E-state index in [1.807, 2.05) is 19.6 Å². The molecule has 2 heterocycles. The lowest BCUT2D eigenvalue weighted by atomic mass is 10.00. The number of nitrogens with zero attached hydrogens (tertiary/aromatic N) is 4. The summed E-state index contributed by atoms with van der Waals surface area (Å²) in [5, 5.41) is 3.43. The van der Waals surface area contributed by atoms with Crippen molar-refractivity contribution in [3.8, 4) is 0 Å². The number of imidazole rings is 1. The highest BCUT2D eigenvalue weighted by Gasteiger charge is 2.15. The van der Waals surface area contributed by atoms with Gasteiger partial charge in [-0.15, -0.1) is 0 Å². The van der Waals surface area contributed by atoms with Crippen LogP contribution in [0.2, 0.25) is 0 Å². The minimum absolute atomic E-state index is 0.842. The second-order valence-electron chi connectivity index (χ2n) is 5.57. The topological polar surface area (TPSA) is 45.5 Å². The van der Waals surface area contributed by atoms with Gasteiger partial charge in [0, 0.05) is 45.6 Å². The molecule has 0 aliphatic carbocycles. The molecule has 120 valence electrons. The van der Waals surface area contributed by atoms with Crippen LogP contribution >= 0.6 is 0 Å². The lowest BCUT2D eigenvalue weighted by Gasteiger charge is -2.29. The first-order valence-electron chi connectivity index (χ1n) is 8.02. The van der Waals surface area contributed by atoms with Gasteiger partial charge in [-0.3, -0.25) is 4.99 Å². The minimum Gasteiger partial charge on any atom is -0.354 e. The lowest BCUT2D eigenvalue weighted by Crippen LogP contribution is -2.44. The fourth-order valence-electron chi connectivity index (χ4n) is 2.82. The van der Waals surface area contributed by atoms with Crippen LogP contribution in [-0.4, -0.2) is 47.1 Å². The average Bonchev–Trinajstić information content (AvgIpc) is 3.13. The molecular weight excluding hydrogens is 286 g/mol. The van der Waals surface area contributed by atoms with Crippen LogP contribution in [0.4, 0.5) is 0 Å². The first-order valence-corrected chi connectivity index (χ1v) is 8.02. The van der Waals surface area contributed by atoms with E-state index in [4.69, 9.17) is 0 Å². The number of guanidine groups is 1. The number of nitrogens with one attached hydrogen (secondary N) is 1. The summed E-state index contributed by atoms with van der Waals surface area (Å²) < 4.78 is 2.06. The second kappa shape index (κ2) is 7.63. The summed E-state index contributed by atoms with van der Waals surface area (Å²) in [6.07, 6.45) is 8.96. The lowest BCUT2D eigenvalue weighted by molar-refractivity contribution is 0.438. The number of rotatable bonds is 4. The third-order valence-corrected chi connectivity index (χ3v) is 4.08. The van der Waals surface area contributed by atoms with Crippen LogP contribution in [-0.2, 0) is 6.54 Å². The number of benzene rings is 1. The van der Waals surface area contributed by atoms with Crippen molar-refractivity contribution in [2.24, 2.45) is 4.99 Å². The Kier molecular flexibility index (Phi) is 5.09. The average molecular weight is 309 g/mol. The van der Waals surface area contributed by atoms with Gasteiger partial charge < -0.3 is 14.8 Å². The van der Waals surface area contributed by atoms with Gasteiger partial charge in [0.2, 0.25) is 0 Å². The monoisotopic (exact) mass is 309 g/mol. The molecule has 0 radical (unpaired) electrons. The van der Waals surface area contributed by atoms with E-state index in [9.17, 15) is 0 Å². The normalized spacial score (nSPS) is 15.4. The van der Waals surface area contributed by atoms with E-state index in [-0.39, 0.29) is 0 Å². The van der Waals surface area contributed by atoms with E-state index in [0.717, 1.165) is 38.6 Å². The van der Waals surface area contributed by atoms with Crippen molar-refractivity contribution in [3.63, 3.8) is 0 Å². The van der Waals surface area contributed by atoms with E-state index in [0.29, 0.717) is 0 Å². The summed E-state index contributed by atoms with van der Waals surface area (Å²) in [6, 6.07) is 10.6. The Hall–Kier alpha value is -2.56. The molecule has 5 nitrogen and oxygen atoms in total. The van der Waals surface area contributed by atoms with Gasteiger partial charge in [-0.1, -0.05) is 36.4 Å². The maximum absolute atomic E-state index is 4.41. The zero-order valence-corrected chi connectivity index (χ0v) is 13.5. The Morgan fingerprint density at radius 1 is 1.30 bits per heavy atom. The third kappa shape index (κ3) is 4.00. The molecule has 0 unspecified atom stereocenters. The van der Waals surface area contributed by atoms with E-state index >= 15 is 0 Å². The Labute approximate surface area is 137 Å². The van der Waals surface area contributed by atoms with Crippen LogP contribution in [0.15, 0.2) is 60.1 Å². The Balaban J connectivity index is 1.53. The quantitative estimate of drug-likeness (QED) is 0.696. The Bertz CT molecular complexity index is 658.